The first kappa shape index (κ1) is 17.0. The molecule has 0 aliphatic carbocycles. The Balaban J connectivity index is 1.63. The molecule has 0 aliphatic heterocycles. The predicted octanol–water partition coefficient (Wildman–Crippen LogP) is 5.14. The Morgan fingerprint density at radius 3 is 2.48 bits per heavy atom. The topological polar surface area (TPSA) is 42.0 Å². The minimum absolute atomic E-state index is 0.0937. The van der Waals surface area contributed by atoms with Crippen molar-refractivity contribution in [2.45, 2.75) is 13.5 Å². The van der Waals surface area contributed by atoms with Crippen molar-refractivity contribution >= 4 is 16.8 Å². The summed E-state index contributed by atoms with van der Waals surface area (Å²) in [7, 11) is 0. The van der Waals surface area contributed by atoms with Crippen LogP contribution in [-0.2, 0) is 6.54 Å². The number of aryl methyl sites for hydroxylation is 1. The molecule has 3 nitrogen and oxygen atoms in total. The van der Waals surface area contributed by atoms with Gasteiger partial charge in [-0.25, -0.2) is 0 Å². The summed E-state index contributed by atoms with van der Waals surface area (Å²) < 4.78 is 0. The Hall–Kier alpha value is -3.46. The number of carbonyl (C=O) groups excluding carboxylic acids is 1. The number of hydrogen-bond acceptors (Lipinski definition) is 2. The van der Waals surface area contributed by atoms with Crippen LogP contribution in [0, 0.1) is 6.92 Å². The summed E-state index contributed by atoms with van der Waals surface area (Å²) in [6, 6.07) is 25.9. The summed E-state index contributed by atoms with van der Waals surface area (Å²) in [6.07, 6.45) is 1.80. The van der Waals surface area contributed by atoms with Crippen molar-refractivity contribution in [1.82, 2.24) is 10.3 Å². The van der Waals surface area contributed by atoms with Crippen molar-refractivity contribution in [3.8, 4) is 11.1 Å². The highest BCUT2D eigenvalue weighted by molar-refractivity contribution is 6.01. The summed E-state index contributed by atoms with van der Waals surface area (Å²) in [5.41, 5.74) is 6.05. The molecule has 4 rings (SSSR count). The van der Waals surface area contributed by atoms with E-state index in [1.165, 1.54) is 11.1 Å². The van der Waals surface area contributed by atoms with Crippen LogP contribution in [0.4, 0.5) is 0 Å². The zero-order valence-electron chi connectivity index (χ0n) is 15.1. The summed E-state index contributed by atoms with van der Waals surface area (Å²) in [4.78, 5) is 17.0. The number of nitrogens with one attached hydrogen (secondary N) is 1. The molecule has 3 heteroatoms. The van der Waals surface area contributed by atoms with Crippen molar-refractivity contribution in [2.24, 2.45) is 0 Å². The number of aromatic nitrogens is 1. The van der Waals surface area contributed by atoms with Crippen molar-refractivity contribution in [1.29, 1.82) is 0 Å². The molecule has 0 radical (unpaired) electrons. The number of rotatable bonds is 4. The van der Waals surface area contributed by atoms with Gasteiger partial charge in [-0.1, -0.05) is 60.7 Å². The van der Waals surface area contributed by atoms with E-state index in [2.05, 4.69) is 29.4 Å². The Morgan fingerprint density at radius 2 is 1.67 bits per heavy atom. The Kier molecular flexibility index (Phi) is 4.67. The van der Waals surface area contributed by atoms with Gasteiger partial charge >= 0.3 is 0 Å². The minimum Gasteiger partial charge on any atom is -0.348 e. The number of hydrogen-bond donors (Lipinski definition) is 1. The highest BCUT2D eigenvalue weighted by atomic mass is 16.1. The minimum atomic E-state index is -0.0937. The maximum absolute atomic E-state index is 12.5. The lowest BCUT2D eigenvalue weighted by molar-refractivity contribution is 0.0951. The highest BCUT2D eigenvalue weighted by Crippen LogP contribution is 2.30. The number of amides is 1. The van der Waals surface area contributed by atoms with E-state index < -0.39 is 0 Å². The average Bonchev–Trinajstić information content (AvgIpc) is 2.72. The molecule has 0 aliphatic rings. The molecule has 1 aromatic heterocycles. The van der Waals surface area contributed by atoms with E-state index in [4.69, 9.17) is 0 Å². The van der Waals surface area contributed by atoms with Gasteiger partial charge in [0, 0.05) is 23.7 Å². The summed E-state index contributed by atoms with van der Waals surface area (Å²) in [6.45, 7) is 2.61. The van der Waals surface area contributed by atoms with Gasteiger partial charge in [0.05, 0.1) is 5.52 Å². The molecule has 27 heavy (non-hydrogen) atoms. The van der Waals surface area contributed by atoms with Gasteiger partial charge in [0.25, 0.3) is 5.91 Å². The molecule has 3 aromatic carbocycles. The molecular weight excluding hydrogens is 332 g/mol. The number of carbonyl (C=O) groups is 1. The van der Waals surface area contributed by atoms with Crippen LogP contribution in [0.5, 0.6) is 0 Å². The number of nitrogens with zero attached hydrogens (tertiary/aromatic N) is 1. The lowest BCUT2D eigenvalue weighted by Gasteiger charge is -2.11. The van der Waals surface area contributed by atoms with Crippen LogP contribution in [0.3, 0.4) is 0 Å². The monoisotopic (exact) mass is 352 g/mol. The van der Waals surface area contributed by atoms with Gasteiger partial charge in [-0.15, -0.1) is 0 Å². The third kappa shape index (κ3) is 3.58. The second-order valence-corrected chi connectivity index (χ2v) is 6.57. The largest absolute Gasteiger partial charge is 0.348 e. The van der Waals surface area contributed by atoms with Crippen LogP contribution < -0.4 is 5.32 Å². The van der Waals surface area contributed by atoms with Gasteiger partial charge in [0.2, 0.25) is 0 Å². The predicted molar refractivity (Wildman–Crippen MR) is 110 cm³/mol. The molecule has 0 bridgehead atoms. The maximum atomic E-state index is 12.5. The van der Waals surface area contributed by atoms with Crippen LogP contribution in [0.25, 0.3) is 22.0 Å². The van der Waals surface area contributed by atoms with Crippen molar-refractivity contribution in [3.05, 3.63) is 102 Å². The van der Waals surface area contributed by atoms with Gasteiger partial charge in [-0.3, -0.25) is 9.78 Å². The fraction of sp³-hybridized carbons (Fsp3) is 0.0833. The van der Waals surface area contributed by atoms with Crippen molar-refractivity contribution in [2.75, 3.05) is 0 Å². The highest BCUT2D eigenvalue weighted by Gasteiger charge is 2.10. The van der Waals surface area contributed by atoms with Gasteiger partial charge < -0.3 is 5.32 Å². The molecule has 1 N–H and O–H groups in total. The van der Waals surface area contributed by atoms with Gasteiger partial charge in [0.15, 0.2) is 0 Å². The van der Waals surface area contributed by atoms with Crippen LogP contribution in [-0.4, -0.2) is 10.9 Å². The summed E-state index contributed by atoms with van der Waals surface area (Å²) in [5.74, 6) is -0.0937. The van der Waals surface area contributed by atoms with E-state index in [-0.39, 0.29) is 5.91 Å². The average molecular weight is 352 g/mol. The molecule has 0 saturated heterocycles. The molecule has 1 amide bonds. The van der Waals surface area contributed by atoms with E-state index in [1.807, 2.05) is 66.7 Å². The van der Waals surface area contributed by atoms with Crippen LogP contribution in [0.1, 0.15) is 21.5 Å². The number of fused-ring (bicyclic) bond motifs is 1. The van der Waals surface area contributed by atoms with Gasteiger partial charge in [-0.2, -0.15) is 0 Å². The first-order chi connectivity index (χ1) is 13.2. The molecule has 0 spiro atoms. The molecule has 0 unspecified atom stereocenters. The summed E-state index contributed by atoms with van der Waals surface area (Å²) in [5, 5.41) is 4.02. The van der Waals surface area contributed by atoms with E-state index in [0.717, 1.165) is 22.0 Å². The fourth-order valence-electron chi connectivity index (χ4n) is 3.28. The molecule has 0 fully saturated rings. The molecule has 1 heterocycles. The SMILES string of the molecule is Cc1ccccc1-c1ccnc2cc(C(=O)NCc3ccccc3)ccc12. The Bertz CT molecular complexity index is 1100. The third-order valence-electron chi connectivity index (χ3n) is 4.74. The maximum Gasteiger partial charge on any atom is 0.251 e. The van der Waals surface area contributed by atoms with Crippen molar-refractivity contribution < 1.29 is 4.79 Å². The van der Waals surface area contributed by atoms with E-state index in [0.29, 0.717) is 12.1 Å². The lowest BCUT2D eigenvalue weighted by atomic mass is 9.97. The Labute approximate surface area is 158 Å². The van der Waals surface area contributed by atoms with E-state index in [9.17, 15) is 4.79 Å². The normalized spacial score (nSPS) is 10.7. The molecular formula is C24H20N2O. The smallest absolute Gasteiger partial charge is 0.251 e. The summed E-state index contributed by atoms with van der Waals surface area (Å²) >= 11 is 0. The quantitative estimate of drug-likeness (QED) is 0.552. The Morgan fingerprint density at radius 1 is 0.889 bits per heavy atom. The second-order valence-electron chi connectivity index (χ2n) is 6.57. The second kappa shape index (κ2) is 7.42. The van der Waals surface area contributed by atoms with Gasteiger partial charge in [0.1, 0.15) is 0 Å². The molecule has 4 aromatic rings. The zero-order valence-corrected chi connectivity index (χ0v) is 15.1. The van der Waals surface area contributed by atoms with Crippen LogP contribution in [0.2, 0.25) is 0 Å². The number of benzene rings is 3. The fourth-order valence-corrected chi connectivity index (χ4v) is 3.28. The molecule has 0 saturated carbocycles. The van der Waals surface area contributed by atoms with E-state index >= 15 is 0 Å². The van der Waals surface area contributed by atoms with Crippen LogP contribution in [0.15, 0.2) is 85.1 Å². The molecule has 0 atom stereocenters. The van der Waals surface area contributed by atoms with Gasteiger partial charge in [-0.05, 0) is 47.4 Å². The van der Waals surface area contributed by atoms with Crippen molar-refractivity contribution in [3.63, 3.8) is 0 Å². The zero-order chi connectivity index (χ0) is 18.6. The van der Waals surface area contributed by atoms with Crippen LogP contribution >= 0.6 is 0 Å². The third-order valence-corrected chi connectivity index (χ3v) is 4.74. The molecule has 132 valence electrons. The standard InChI is InChI=1S/C24H20N2O/c1-17-7-5-6-10-20(17)21-13-14-25-23-15-19(11-12-22(21)23)24(27)26-16-18-8-3-2-4-9-18/h2-15H,16H2,1H3,(H,26,27). The first-order valence-corrected chi connectivity index (χ1v) is 8.99. The van der Waals surface area contributed by atoms with E-state index in [1.54, 1.807) is 6.20 Å². The first-order valence-electron chi connectivity index (χ1n) is 8.99. The lowest BCUT2D eigenvalue weighted by Crippen LogP contribution is -2.22. The number of pyridine rings is 1.